The van der Waals surface area contributed by atoms with Gasteiger partial charge in [-0.1, -0.05) is 23.2 Å². The minimum absolute atomic E-state index is 0.153. The fraction of sp³-hybridized carbons (Fsp3) is 0.267. The molecule has 0 radical (unpaired) electrons. The van der Waals surface area contributed by atoms with E-state index in [4.69, 9.17) is 34.3 Å². The van der Waals surface area contributed by atoms with Crippen LogP contribution in [0.25, 0.3) is 0 Å². The van der Waals surface area contributed by atoms with Crippen molar-refractivity contribution in [2.24, 2.45) is 10.8 Å². The number of aryl methyl sites for hydroxylation is 1. The number of hydrazone groups is 1. The third kappa shape index (κ3) is 3.34. The third-order valence-corrected chi connectivity index (χ3v) is 5.36. The maximum atomic E-state index is 7.31. The standard InChI is InChI=1S/C15H15Cl2N5S/c1-7-2-3-20-10-4-8(9-6-12(16)23-14(9)17)5-11(13(7)10)21-22-15(18)19/h2-3,6,8H,4-5H2,1H3,(H4,18,19,22)/b21-11-. The summed E-state index contributed by atoms with van der Waals surface area (Å²) in [4.78, 5) is 4.50. The first-order valence-corrected chi connectivity index (χ1v) is 8.59. The Kier molecular flexibility index (Phi) is 4.57. The van der Waals surface area contributed by atoms with Gasteiger partial charge in [-0.15, -0.1) is 11.3 Å². The van der Waals surface area contributed by atoms with Gasteiger partial charge in [-0.05, 0) is 48.9 Å². The molecule has 2 heterocycles. The summed E-state index contributed by atoms with van der Waals surface area (Å²) in [6.07, 6.45) is 3.27. The van der Waals surface area contributed by atoms with Crippen molar-refractivity contribution in [2.45, 2.75) is 25.7 Å². The molecule has 0 fully saturated rings. The Morgan fingerprint density at radius 1 is 1.48 bits per heavy atom. The van der Waals surface area contributed by atoms with Crippen molar-refractivity contribution < 1.29 is 0 Å². The second-order valence-corrected chi connectivity index (χ2v) is 7.70. The zero-order chi connectivity index (χ0) is 16.6. The lowest BCUT2D eigenvalue weighted by molar-refractivity contribution is 0.677. The molecule has 0 aromatic carbocycles. The van der Waals surface area contributed by atoms with Crippen LogP contribution in [0.1, 0.15) is 34.7 Å². The lowest BCUT2D eigenvalue weighted by Gasteiger charge is -2.26. The first-order chi connectivity index (χ1) is 11.0. The third-order valence-electron chi connectivity index (χ3n) is 3.84. The molecule has 8 heteroatoms. The van der Waals surface area contributed by atoms with Crippen molar-refractivity contribution in [1.29, 1.82) is 5.41 Å². The van der Waals surface area contributed by atoms with Crippen LogP contribution >= 0.6 is 34.5 Å². The number of nitrogens with one attached hydrogen (secondary N) is 2. The molecule has 3 rings (SSSR count). The first-order valence-electron chi connectivity index (χ1n) is 7.02. The Hall–Kier alpha value is -1.63. The highest BCUT2D eigenvalue weighted by molar-refractivity contribution is 7.20. The summed E-state index contributed by atoms with van der Waals surface area (Å²) in [7, 11) is 0. The summed E-state index contributed by atoms with van der Waals surface area (Å²) in [5, 5.41) is 11.6. The Morgan fingerprint density at radius 2 is 2.26 bits per heavy atom. The van der Waals surface area contributed by atoms with Gasteiger partial charge in [0.1, 0.15) is 0 Å². The van der Waals surface area contributed by atoms with E-state index < -0.39 is 0 Å². The topological polar surface area (TPSA) is 87.2 Å². The molecule has 120 valence electrons. The molecular weight excluding hydrogens is 353 g/mol. The summed E-state index contributed by atoms with van der Waals surface area (Å²) in [6.45, 7) is 2.03. The van der Waals surface area contributed by atoms with Crippen molar-refractivity contribution in [3.8, 4) is 0 Å². The van der Waals surface area contributed by atoms with E-state index in [9.17, 15) is 0 Å². The monoisotopic (exact) mass is 367 g/mol. The summed E-state index contributed by atoms with van der Waals surface area (Å²) >= 11 is 13.8. The van der Waals surface area contributed by atoms with Crippen LogP contribution in [0.2, 0.25) is 8.67 Å². The maximum absolute atomic E-state index is 7.31. The van der Waals surface area contributed by atoms with Gasteiger partial charge >= 0.3 is 0 Å². The Bertz CT molecular complexity index is 799. The number of hydrogen-bond acceptors (Lipinski definition) is 4. The SMILES string of the molecule is Cc1ccnc2c1/C(=N\NC(=N)N)CC(c1cc(Cl)sc1Cl)C2. The predicted octanol–water partition coefficient (Wildman–Crippen LogP) is 3.68. The van der Waals surface area contributed by atoms with E-state index in [1.165, 1.54) is 11.3 Å². The zero-order valence-corrected chi connectivity index (χ0v) is 14.7. The molecule has 0 spiro atoms. The molecule has 0 amide bonds. The highest BCUT2D eigenvalue weighted by Crippen LogP contribution is 2.41. The molecule has 1 atom stereocenters. The lowest BCUT2D eigenvalue weighted by atomic mass is 9.81. The smallest absolute Gasteiger partial charge is 0.206 e. The predicted molar refractivity (Wildman–Crippen MR) is 96.0 cm³/mol. The molecular formula is C15H15Cl2N5S. The highest BCUT2D eigenvalue weighted by atomic mass is 35.5. The van der Waals surface area contributed by atoms with E-state index in [2.05, 4.69) is 15.5 Å². The van der Waals surface area contributed by atoms with Crippen molar-refractivity contribution >= 4 is 46.2 Å². The van der Waals surface area contributed by atoms with Gasteiger partial charge in [0.25, 0.3) is 0 Å². The number of fused-ring (bicyclic) bond motifs is 1. The molecule has 0 saturated carbocycles. The molecule has 1 unspecified atom stereocenters. The minimum atomic E-state index is -0.195. The summed E-state index contributed by atoms with van der Waals surface area (Å²) in [5.41, 5.74) is 12.8. The number of pyridine rings is 1. The molecule has 2 aromatic rings. The van der Waals surface area contributed by atoms with Gasteiger partial charge in [-0.3, -0.25) is 10.4 Å². The van der Waals surface area contributed by atoms with E-state index in [1.54, 1.807) is 6.20 Å². The van der Waals surface area contributed by atoms with Crippen LogP contribution in [-0.4, -0.2) is 16.7 Å². The number of thiophene rings is 1. The number of nitrogens with zero attached hydrogens (tertiary/aromatic N) is 2. The van der Waals surface area contributed by atoms with E-state index in [0.29, 0.717) is 15.1 Å². The van der Waals surface area contributed by atoms with Crippen LogP contribution in [0.5, 0.6) is 0 Å². The van der Waals surface area contributed by atoms with Crippen molar-refractivity contribution in [1.82, 2.24) is 10.4 Å². The van der Waals surface area contributed by atoms with Crippen LogP contribution in [0, 0.1) is 12.3 Å². The van der Waals surface area contributed by atoms with Crippen molar-refractivity contribution in [2.75, 3.05) is 0 Å². The summed E-state index contributed by atoms with van der Waals surface area (Å²) < 4.78 is 1.38. The largest absolute Gasteiger partial charge is 0.369 e. The molecule has 23 heavy (non-hydrogen) atoms. The van der Waals surface area contributed by atoms with Crippen LogP contribution in [-0.2, 0) is 6.42 Å². The second-order valence-electron chi connectivity index (χ2n) is 5.42. The lowest BCUT2D eigenvalue weighted by Crippen LogP contribution is -2.29. The fourth-order valence-corrected chi connectivity index (χ4v) is 4.51. The average molecular weight is 368 g/mol. The Labute approximate surface area is 148 Å². The molecule has 0 aliphatic heterocycles. The summed E-state index contributed by atoms with van der Waals surface area (Å²) in [6, 6.07) is 3.87. The second kappa shape index (κ2) is 6.47. The first kappa shape index (κ1) is 16.2. The number of halogens is 2. The van der Waals surface area contributed by atoms with Gasteiger partial charge in [-0.25, -0.2) is 5.43 Å². The van der Waals surface area contributed by atoms with Crippen LogP contribution in [0.3, 0.4) is 0 Å². The van der Waals surface area contributed by atoms with Crippen molar-refractivity contribution in [3.63, 3.8) is 0 Å². The zero-order valence-electron chi connectivity index (χ0n) is 12.4. The summed E-state index contributed by atoms with van der Waals surface area (Å²) in [5.74, 6) is -0.0418. The number of guanidine groups is 1. The maximum Gasteiger partial charge on any atom is 0.206 e. The van der Waals surface area contributed by atoms with Crippen molar-refractivity contribution in [3.05, 3.63) is 49.4 Å². The molecule has 2 aromatic heterocycles. The number of aromatic nitrogens is 1. The minimum Gasteiger partial charge on any atom is -0.369 e. The average Bonchev–Trinajstić information content (AvgIpc) is 2.83. The number of hydrogen-bond donors (Lipinski definition) is 3. The van der Waals surface area contributed by atoms with Gasteiger partial charge in [0, 0.05) is 11.8 Å². The molecule has 1 aliphatic carbocycles. The van der Waals surface area contributed by atoms with E-state index in [0.717, 1.165) is 34.5 Å². The van der Waals surface area contributed by atoms with Gasteiger partial charge in [0.05, 0.1) is 20.1 Å². The van der Waals surface area contributed by atoms with Crippen LogP contribution in [0.15, 0.2) is 23.4 Å². The molecule has 1 aliphatic rings. The van der Waals surface area contributed by atoms with E-state index >= 15 is 0 Å². The quantitative estimate of drug-likeness (QED) is 0.429. The van der Waals surface area contributed by atoms with Gasteiger partial charge in [-0.2, -0.15) is 5.10 Å². The molecule has 0 saturated heterocycles. The van der Waals surface area contributed by atoms with E-state index in [-0.39, 0.29) is 11.9 Å². The molecule has 5 nitrogen and oxygen atoms in total. The van der Waals surface area contributed by atoms with Gasteiger partial charge < -0.3 is 5.73 Å². The molecule has 4 N–H and O–H groups in total. The van der Waals surface area contributed by atoms with E-state index in [1.807, 2.05) is 19.1 Å². The number of nitrogens with two attached hydrogens (primary N) is 1. The van der Waals surface area contributed by atoms with Gasteiger partial charge in [0.15, 0.2) is 0 Å². The molecule has 0 bridgehead atoms. The Balaban J connectivity index is 2.04. The normalized spacial score (nSPS) is 18.7. The van der Waals surface area contributed by atoms with Crippen LogP contribution < -0.4 is 11.2 Å². The number of rotatable bonds is 2. The highest BCUT2D eigenvalue weighted by Gasteiger charge is 2.29. The fourth-order valence-electron chi connectivity index (χ4n) is 2.88. The Morgan fingerprint density at radius 3 is 2.91 bits per heavy atom. The van der Waals surface area contributed by atoms with Gasteiger partial charge in [0.2, 0.25) is 5.96 Å². The van der Waals surface area contributed by atoms with Crippen LogP contribution in [0.4, 0.5) is 0 Å².